The Kier molecular flexibility index (Phi) is 4.07. The first-order chi connectivity index (χ1) is 9.28. The second-order valence-corrected chi connectivity index (χ2v) is 7.91. The fourth-order valence-electron chi connectivity index (χ4n) is 1.37. The van der Waals surface area contributed by atoms with Crippen LogP contribution in [0.5, 0.6) is 5.75 Å². The topological polar surface area (TPSA) is 56.3 Å². The largest absolute Gasteiger partial charge is 0.494 e. The van der Waals surface area contributed by atoms with E-state index in [1.54, 1.807) is 0 Å². The maximum Gasteiger partial charge on any atom is 0.220 e. The van der Waals surface area contributed by atoms with E-state index in [-0.39, 0.29) is 8.13 Å². The van der Waals surface area contributed by atoms with Gasteiger partial charge in [-0.3, -0.25) is 0 Å². The first kappa shape index (κ1) is 15.3. The SMILES string of the molecule is COc1cc(S(=O)(=O)c2cnc(Br)s2)c(F)c(F)c1F. The molecule has 0 saturated heterocycles. The predicted octanol–water partition coefficient (Wildman–Crippen LogP) is 3.16. The van der Waals surface area contributed by atoms with Crippen LogP contribution in [-0.2, 0) is 9.84 Å². The molecule has 1 aromatic carbocycles. The fourth-order valence-corrected chi connectivity index (χ4v) is 4.64. The van der Waals surface area contributed by atoms with Gasteiger partial charge in [-0.2, -0.15) is 4.39 Å². The molecule has 2 aromatic rings. The molecule has 0 fully saturated rings. The molecule has 0 aliphatic heterocycles. The molecule has 0 aliphatic rings. The summed E-state index contributed by atoms with van der Waals surface area (Å²) in [6.45, 7) is 0. The summed E-state index contributed by atoms with van der Waals surface area (Å²) in [4.78, 5) is 2.65. The van der Waals surface area contributed by atoms with E-state index >= 15 is 0 Å². The van der Waals surface area contributed by atoms with Crippen molar-refractivity contribution in [2.45, 2.75) is 9.10 Å². The summed E-state index contributed by atoms with van der Waals surface area (Å²) >= 11 is 3.68. The lowest BCUT2D eigenvalue weighted by Gasteiger charge is -2.08. The molecule has 0 atom stereocenters. The third-order valence-electron chi connectivity index (χ3n) is 2.31. The minimum atomic E-state index is -4.36. The normalized spacial score (nSPS) is 11.7. The Balaban J connectivity index is 2.72. The first-order valence-electron chi connectivity index (χ1n) is 4.87. The van der Waals surface area contributed by atoms with E-state index in [4.69, 9.17) is 0 Å². The Morgan fingerprint density at radius 2 is 1.90 bits per heavy atom. The Morgan fingerprint density at radius 1 is 1.25 bits per heavy atom. The Bertz CT molecular complexity index is 776. The number of rotatable bonds is 3. The van der Waals surface area contributed by atoms with Crippen molar-refractivity contribution in [2.75, 3.05) is 7.11 Å². The fraction of sp³-hybridized carbons (Fsp3) is 0.100. The number of aromatic nitrogens is 1. The van der Waals surface area contributed by atoms with Crippen molar-refractivity contribution < 1.29 is 26.3 Å². The average molecular weight is 388 g/mol. The van der Waals surface area contributed by atoms with E-state index in [0.717, 1.165) is 13.3 Å². The quantitative estimate of drug-likeness (QED) is 0.599. The van der Waals surface area contributed by atoms with Crippen LogP contribution in [0.3, 0.4) is 0 Å². The van der Waals surface area contributed by atoms with Gasteiger partial charge in [-0.25, -0.2) is 22.2 Å². The van der Waals surface area contributed by atoms with E-state index in [9.17, 15) is 21.6 Å². The molecule has 0 unspecified atom stereocenters. The van der Waals surface area contributed by atoms with Crippen molar-refractivity contribution in [2.24, 2.45) is 0 Å². The number of ether oxygens (including phenoxy) is 1. The highest BCUT2D eigenvalue weighted by Crippen LogP contribution is 2.34. The van der Waals surface area contributed by atoms with Gasteiger partial charge < -0.3 is 4.74 Å². The number of hydrogen-bond acceptors (Lipinski definition) is 5. The van der Waals surface area contributed by atoms with Gasteiger partial charge >= 0.3 is 0 Å². The minimum Gasteiger partial charge on any atom is -0.494 e. The van der Waals surface area contributed by atoms with Gasteiger partial charge in [-0.05, 0) is 15.9 Å². The standard InChI is InChI=1S/C10H5BrF3NO3S2/c1-18-4-2-5(8(13)9(14)7(4)12)20(16,17)6-3-15-10(11)19-6/h2-3H,1H3. The summed E-state index contributed by atoms with van der Waals surface area (Å²) < 4.78 is 69.1. The Hall–Kier alpha value is -1.13. The van der Waals surface area contributed by atoms with E-state index in [1.165, 1.54) is 0 Å². The summed E-state index contributed by atoms with van der Waals surface area (Å²) in [7, 11) is -3.35. The summed E-state index contributed by atoms with van der Waals surface area (Å²) in [6, 6.07) is 0.594. The molecule has 10 heteroatoms. The van der Waals surface area contributed by atoms with Gasteiger partial charge in [0.25, 0.3) is 0 Å². The van der Waals surface area contributed by atoms with E-state index in [2.05, 4.69) is 25.7 Å². The lowest BCUT2D eigenvalue weighted by molar-refractivity contribution is 0.354. The second kappa shape index (κ2) is 5.34. The van der Waals surface area contributed by atoms with E-state index in [1.807, 2.05) is 0 Å². The highest BCUT2D eigenvalue weighted by molar-refractivity contribution is 9.11. The van der Waals surface area contributed by atoms with E-state index < -0.39 is 37.9 Å². The zero-order valence-corrected chi connectivity index (χ0v) is 12.9. The van der Waals surface area contributed by atoms with Crippen molar-refractivity contribution in [3.05, 3.63) is 33.6 Å². The van der Waals surface area contributed by atoms with Crippen molar-refractivity contribution in [1.29, 1.82) is 0 Å². The zero-order valence-electron chi connectivity index (χ0n) is 9.66. The second-order valence-electron chi connectivity index (χ2n) is 3.45. The third-order valence-corrected chi connectivity index (χ3v) is 6.00. The van der Waals surface area contributed by atoms with Gasteiger partial charge in [-0.15, -0.1) is 0 Å². The summed E-state index contributed by atoms with van der Waals surface area (Å²) in [5.41, 5.74) is 0. The van der Waals surface area contributed by atoms with Crippen LogP contribution in [0, 0.1) is 17.5 Å². The van der Waals surface area contributed by atoms with Gasteiger partial charge in [0.15, 0.2) is 21.3 Å². The average Bonchev–Trinajstić information content (AvgIpc) is 2.83. The molecule has 2 rings (SSSR count). The first-order valence-corrected chi connectivity index (χ1v) is 7.96. The van der Waals surface area contributed by atoms with Crippen LogP contribution in [0.15, 0.2) is 25.3 Å². The molecule has 20 heavy (non-hydrogen) atoms. The molecule has 0 N–H and O–H groups in total. The summed E-state index contributed by atoms with van der Waals surface area (Å²) in [5, 5.41) is 0. The molecule has 0 bridgehead atoms. The molecule has 108 valence electrons. The van der Waals surface area contributed by atoms with Crippen LogP contribution >= 0.6 is 27.3 Å². The van der Waals surface area contributed by atoms with Crippen LogP contribution in [0.4, 0.5) is 13.2 Å². The lowest BCUT2D eigenvalue weighted by atomic mass is 10.3. The molecule has 0 spiro atoms. The Labute approximate surface area is 124 Å². The van der Waals surface area contributed by atoms with Gasteiger partial charge in [0.1, 0.15) is 9.10 Å². The third kappa shape index (κ3) is 2.42. The van der Waals surface area contributed by atoms with Crippen LogP contribution in [-0.4, -0.2) is 20.5 Å². The Morgan fingerprint density at radius 3 is 2.40 bits per heavy atom. The number of halogens is 4. The van der Waals surface area contributed by atoms with E-state index in [0.29, 0.717) is 17.4 Å². The van der Waals surface area contributed by atoms with Gasteiger partial charge in [0, 0.05) is 6.07 Å². The molecule has 0 radical (unpaired) electrons. The van der Waals surface area contributed by atoms with Crippen molar-refractivity contribution in [1.82, 2.24) is 4.98 Å². The minimum absolute atomic E-state index is 0.256. The summed E-state index contributed by atoms with van der Waals surface area (Å²) in [5.74, 6) is -6.00. The van der Waals surface area contributed by atoms with Crippen molar-refractivity contribution in [3.63, 3.8) is 0 Å². The van der Waals surface area contributed by atoms with Gasteiger partial charge in [-0.1, -0.05) is 11.3 Å². The zero-order chi connectivity index (χ0) is 15.1. The number of thiazole rings is 1. The number of methoxy groups -OCH3 is 1. The maximum atomic E-state index is 13.7. The van der Waals surface area contributed by atoms with Crippen molar-refractivity contribution >= 4 is 37.1 Å². The number of hydrogen-bond donors (Lipinski definition) is 0. The van der Waals surface area contributed by atoms with Crippen LogP contribution in [0.25, 0.3) is 0 Å². The van der Waals surface area contributed by atoms with Gasteiger partial charge in [0.2, 0.25) is 15.7 Å². The van der Waals surface area contributed by atoms with Crippen LogP contribution in [0.2, 0.25) is 0 Å². The molecule has 4 nitrogen and oxygen atoms in total. The molecular weight excluding hydrogens is 383 g/mol. The molecular formula is C10H5BrF3NO3S2. The maximum absolute atomic E-state index is 13.7. The molecule has 0 amide bonds. The number of benzene rings is 1. The van der Waals surface area contributed by atoms with Crippen molar-refractivity contribution in [3.8, 4) is 5.75 Å². The van der Waals surface area contributed by atoms with Gasteiger partial charge in [0.05, 0.1) is 13.3 Å². The summed E-state index contributed by atoms with van der Waals surface area (Å²) in [6.07, 6.45) is 0.983. The molecule has 1 aromatic heterocycles. The van der Waals surface area contributed by atoms with Crippen LogP contribution in [0.1, 0.15) is 0 Å². The highest BCUT2D eigenvalue weighted by Gasteiger charge is 2.30. The molecule has 1 heterocycles. The highest BCUT2D eigenvalue weighted by atomic mass is 79.9. The van der Waals surface area contributed by atoms with Crippen LogP contribution < -0.4 is 4.74 Å². The smallest absolute Gasteiger partial charge is 0.220 e. The predicted molar refractivity (Wildman–Crippen MR) is 68.1 cm³/mol. The number of nitrogens with zero attached hydrogens (tertiary/aromatic N) is 1. The molecule has 0 saturated carbocycles. The number of sulfone groups is 1. The molecule has 0 aliphatic carbocycles. The lowest BCUT2D eigenvalue weighted by Crippen LogP contribution is -2.07. The monoisotopic (exact) mass is 387 g/mol.